The summed E-state index contributed by atoms with van der Waals surface area (Å²) < 4.78 is 48.7. The van der Waals surface area contributed by atoms with Gasteiger partial charge in [0.05, 0.1) is 49.0 Å². The first-order chi connectivity index (χ1) is 28.1. The SMILES string of the molecule is CC[C@H]1OC(=O)[C@@](C)(F)C(=O)[C@H](C)[C@@H](O[C@@H]2OC(C)CC(N(C)C)C2O)[C@](C)(OC)C[C@@H](C)C(=O)[C@H](C)[C@H]2N(CC#CCn3cc(-c4cncc(N)n4)nn3)C(=O)O[C@]12C. The largest absolute Gasteiger partial charge is 0.455 e. The highest BCUT2D eigenvalue weighted by molar-refractivity contribution is 6.08. The number of fused-ring (bicyclic) bond motifs is 1. The van der Waals surface area contributed by atoms with E-state index in [9.17, 15) is 24.3 Å². The Morgan fingerprint density at radius 1 is 1.05 bits per heavy atom. The summed E-state index contributed by atoms with van der Waals surface area (Å²) in [7, 11) is 5.00. The van der Waals surface area contributed by atoms with Crippen LogP contribution in [0.5, 0.6) is 0 Å². The topological polar surface area (TPSA) is 224 Å². The third-order valence-electron chi connectivity index (χ3n) is 12.3. The number of Topliss-reactive ketones (excluding diaryl/α,β-unsaturated/α-hetero) is 2. The van der Waals surface area contributed by atoms with Crippen LogP contribution < -0.4 is 5.73 Å². The number of cyclic esters (lactones) is 1. The highest BCUT2D eigenvalue weighted by atomic mass is 19.1. The van der Waals surface area contributed by atoms with E-state index in [0.29, 0.717) is 17.8 Å². The second-order valence-electron chi connectivity index (χ2n) is 17.0. The van der Waals surface area contributed by atoms with E-state index in [1.54, 1.807) is 33.9 Å². The Balaban J connectivity index is 1.49. The maximum atomic E-state index is 16.9. The number of ketones is 2. The van der Waals surface area contributed by atoms with Gasteiger partial charge in [-0.15, -0.1) is 5.10 Å². The van der Waals surface area contributed by atoms with Crippen molar-refractivity contribution < 1.29 is 52.4 Å². The van der Waals surface area contributed by atoms with Gasteiger partial charge in [0.15, 0.2) is 17.7 Å². The van der Waals surface area contributed by atoms with Crippen LogP contribution in [0.15, 0.2) is 18.6 Å². The molecule has 0 aliphatic carbocycles. The van der Waals surface area contributed by atoms with Crippen LogP contribution in [0, 0.1) is 29.6 Å². The van der Waals surface area contributed by atoms with E-state index in [1.165, 1.54) is 42.9 Å². The number of methoxy groups -OCH3 is 1. The number of esters is 1. The molecule has 330 valence electrons. The first kappa shape index (κ1) is 46.5. The van der Waals surface area contributed by atoms with Crippen molar-refractivity contribution in [2.75, 3.05) is 33.5 Å². The average Bonchev–Trinajstić information content (AvgIpc) is 3.78. The number of aliphatic hydroxyl groups is 1. The highest BCUT2D eigenvalue weighted by Gasteiger charge is 2.61. The standard InChI is InChI=1S/C41H59FN8O10/c1-12-29-41(8)33(50(38(55)60-41)16-14-13-15-49-21-27(46-47-49)26-19-44-20-30(43)45-26)24(4)31(51)22(2)18-39(6,56-11)35(25(5)34(53)40(7,42)37(54)58-29)59-36-32(52)28(48(9)10)17-23(3)57-36/h19-25,28-29,32-33,35-36,52H,12,15-18H2,1-11H3,(H2,43,45)/t22-,23?,24+,25+,28?,29-,32?,33-,35-,36+,39-,40+,41-/m1/s1. The molecule has 5 heterocycles. The number of carbonyl (C=O) groups excluding carboxylic acids is 4. The Kier molecular flexibility index (Phi) is 14.1. The van der Waals surface area contributed by atoms with E-state index >= 15 is 4.39 Å². The minimum atomic E-state index is -3.22. The van der Waals surface area contributed by atoms with Crippen LogP contribution in [0.1, 0.15) is 74.7 Å². The Morgan fingerprint density at radius 3 is 2.37 bits per heavy atom. The van der Waals surface area contributed by atoms with Gasteiger partial charge in [0.1, 0.15) is 41.7 Å². The summed E-state index contributed by atoms with van der Waals surface area (Å²) in [5.41, 5.74) is 0.200. The number of anilines is 1. The maximum Gasteiger partial charge on any atom is 0.411 e. The molecule has 19 heteroatoms. The van der Waals surface area contributed by atoms with Gasteiger partial charge in [-0.3, -0.25) is 19.5 Å². The van der Waals surface area contributed by atoms with Crippen LogP contribution in [-0.2, 0) is 44.6 Å². The number of hydrogen-bond acceptors (Lipinski definition) is 16. The number of aliphatic hydroxyl groups excluding tert-OH is 1. The van der Waals surface area contributed by atoms with Crippen molar-refractivity contribution in [3.8, 4) is 23.2 Å². The number of nitrogens with zero attached hydrogens (tertiary/aromatic N) is 7. The molecule has 3 saturated heterocycles. The smallest absolute Gasteiger partial charge is 0.411 e. The molecule has 0 bridgehead atoms. The van der Waals surface area contributed by atoms with E-state index in [-0.39, 0.29) is 49.7 Å². The molecule has 60 heavy (non-hydrogen) atoms. The molecule has 0 saturated carbocycles. The lowest BCUT2D eigenvalue weighted by Gasteiger charge is -2.47. The fraction of sp³-hybridized carbons (Fsp3) is 0.707. The third kappa shape index (κ3) is 9.17. The molecular weight excluding hydrogens is 783 g/mol. The lowest BCUT2D eigenvalue weighted by atomic mass is 9.73. The van der Waals surface area contributed by atoms with Crippen molar-refractivity contribution in [1.29, 1.82) is 0 Å². The Hall–Kier alpha value is -4.61. The predicted octanol–water partition coefficient (Wildman–Crippen LogP) is 2.62. The molecule has 3 aliphatic rings. The molecule has 2 aromatic rings. The number of amides is 1. The van der Waals surface area contributed by atoms with Crippen LogP contribution >= 0.6 is 0 Å². The summed E-state index contributed by atoms with van der Waals surface area (Å²) in [5, 5.41) is 19.6. The van der Waals surface area contributed by atoms with Gasteiger partial charge in [0.25, 0.3) is 5.67 Å². The third-order valence-corrected chi connectivity index (χ3v) is 12.3. The minimum absolute atomic E-state index is 0.0313. The second kappa shape index (κ2) is 18.2. The molecule has 3 fully saturated rings. The zero-order chi connectivity index (χ0) is 44.5. The van der Waals surface area contributed by atoms with Gasteiger partial charge < -0.3 is 39.4 Å². The maximum absolute atomic E-state index is 16.9. The zero-order valence-corrected chi connectivity index (χ0v) is 36.2. The molecule has 18 nitrogen and oxygen atoms in total. The van der Waals surface area contributed by atoms with Crippen LogP contribution in [0.2, 0.25) is 0 Å². The highest BCUT2D eigenvalue weighted by Crippen LogP contribution is 2.43. The van der Waals surface area contributed by atoms with Crippen molar-refractivity contribution in [3.05, 3.63) is 18.6 Å². The average molecular weight is 843 g/mol. The summed E-state index contributed by atoms with van der Waals surface area (Å²) in [5.74, 6) is 0.0162. The summed E-state index contributed by atoms with van der Waals surface area (Å²) in [6.45, 7) is 12.1. The van der Waals surface area contributed by atoms with Gasteiger partial charge >= 0.3 is 12.1 Å². The molecule has 0 spiro atoms. The molecule has 2 aromatic heterocycles. The van der Waals surface area contributed by atoms with Crippen molar-refractivity contribution in [3.63, 3.8) is 0 Å². The number of likely N-dealkylation sites (N-methyl/N-ethyl adjacent to an activating group) is 1. The molecule has 5 rings (SSSR count). The monoisotopic (exact) mass is 842 g/mol. The fourth-order valence-corrected chi connectivity index (χ4v) is 8.92. The van der Waals surface area contributed by atoms with Crippen LogP contribution in [0.25, 0.3) is 11.4 Å². The number of halogens is 1. The van der Waals surface area contributed by atoms with Crippen LogP contribution in [0.4, 0.5) is 15.0 Å². The van der Waals surface area contributed by atoms with Gasteiger partial charge in [0, 0.05) is 30.9 Å². The molecule has 3 aliphatic heterocycles. The molecular formula is C41H59FN8O10. The Morgan fingerprint density at radius 2 is 1.73 bits per heavy atom. The van der Waals surface area contributed by atoms with Crippen LogP contribution in [0.3, 0.4) is 0 Å². The van der Waals surface area contributed by atoms with Crippen LogP contribution in [-0.4, -0.2) is 151 Å². The van der Waals surface area contributed by atoms with Crippen molar-refractivity contribution in [2.24, 2.45) is 17.8 Å². The van der Waals surface area contributed by atoms with Crippen molar-refractivity contribution in [1.82, 2.24) is 34.8 Å². The van der Waals surface area contributed by atoms with E-state index in [4.69, 9.17) is 29.4 Å². The van der Waals surface area contributed by atoms with Gasteiger partial charge in [-0.05, 0) is 61.1 Å². The van der Waals surface area contributed by atoms with E-state index < -0.39 is 83.1 Å². The molecule has 3 unspecified atom stereocenters. The predicted molar refractivity (Wildman–Crippen MR) is 213 cm³/mol. The molecule has 0 radical (unpaired) electrons. The lowest BCUT2D eigenvalue weighted by Crippen LogP contribution is -2.61. The number of carbonyl (C=O) groups is 4. The number of ether oxygens (including phenoxy) is 5. The first-order valence-electron chi connectivity index (χ1n) is 20.2. The van der Waals surface area contributed by atoms with E-state index in [2.05, 4.69) is 32.1 Å². The number of nitrogens with two attached hydrogens (primary N) is 1. The molecule has 13 atom stereocenters. The Bertz CT molecular complexity index is 1970. The van der Waals surface area contributed by atoms with Gasteiger partial charge in [0.2, 0.25) is 0 Å². The number of aromatic nitrogens is 5. The number of nitrogen functional groups attached to an aromatic ring is 1. The second-order valence-corrected chi connectivity index (χ2v) is 17.0. The molecule has 3 N–H and O–H groups in total. The summed E-state index contributed by atoms with van der Waals surface area (Å²) >= 11 is 0. The molecule has 0 aromatic carbocycles. The zero-order valence-electron chi connectivity index (χ0n) is 36.2. The lowest BCUT2D eigenvalue weighted by molar-refractivity contribution is -0.295. The number of hydrogen-bond donors (Lipinski definition) is 2. The quantitative estimate of drug-likeness (QED) is 0.221. The summed E-state index contributed by atoms with van der Waals surface area (Å²) in [4.78, 5) is 67.9. The number of alkyl halides is 1. The fourth-order valence-electron chi connectivity index (χ4n) is 8.92. The van der Waals surface area contributed by atoms with Crippen molar-refractivity contribution >= 4 is 29.4 Å². The number of rotatable bonds is 8. The van der Waals surface area contributed by atoms with Gasteiger partial charge in [-0.2, -0.15) is 0 Å². The summed E-state index contributed by atoms with van der Waals surface area (Å²) in [6, 6.07) is -1.44. The Labute approximate surface area is 350 Å². The van der Waals surface area contributed by atoms with E-state index in [0.717, 1.165) is 6.92 Å². The molecule has 1 amide bonds. The van der Waals surface area contributed by atoms with E-state index in [1.807, 2.05) is 25.9 Å². The minimum Gasteiger partial charge on any atom is -0.455 e. The van der Waals surface area contributed by atoms with Crippen molar-refractivity contribution in [2.45, 2.75) is 141 Å². The first-order valence-corrected chi connectivity index (χ1v) is 20.2. The van der Waals surface area contributed by atoms with Gasteiger partial charge in [-0.1, -0.05) is 44.7 Å². The normalized spacial score (nSPS) is 36.9. The van der Waals surface area contributed by atoms with Gasteiger partial charge in [-0.25, -0.2) is 23.6 Å². The summed E-state index contributed by atoms with van der Waals surface area (Å²) in [6.07, 6.45) is -1.29.